The molecule has 8 heteroatoms. The summed E-state index contributed by atoms with van der Waals surface area (Å²) in [6.07, 6.45) is 7.62. The second-order valence-corrected chi connectivity index (χ2v) is 7.46. The van der Waals surface area contributed by atoms with Gasteiger partial charge in [-0.05, 0) is 38.1 Å². The van der Waals surface area contributed by atoms with Gasteiger partial charge in [-0.1, -0.05) is 6.42 Å². The first-order valence-corrected chi connectivity index (χ1v) is 8.87. The van der Waals surface area contributed by atoms with Crippen LogP contribution in [0.5, 0.6) is 0 Å². The van der Waals surface area contributed by atoms with Gasteiger partial charge < -0.3 is 10.3 Å². The van der Waals surface area contributed by atoms with Crippen molar-refractivity contribution in [2.75, 3.05) is 6.54 Å². The topological polar surface area (TPSA) is 90.0 Å². The van der Waals surface area contributed by atoms with E-state index in [0.29, 0.717) is 6.54 Å². The number of aromatic nitrogens is 2. The van der Waals surface area contributed by atoms with Crippen LogP contribution in [0.15, 0.2) is 11.2 Å². The summed E-state index contributed by atoms with van der Waals surface area (Å²) in [5, 5.41) is 0.164. The highest BCUT2D eigenvalue weighted by molar-refractivity contribution is 7.89. The molecule has 1 saturated carbocycles. The SMILES string of the molecule is Cl.NCC1CCCC1NS(=O)(=O)c1cn2c(n1)CCCC2. The Morgan fingerprint density at radius 1 is 1.33 bits per heavy atom. The normalized spacial score (nSPS) is 25.4. The van der Waals surface area contributed by atoms with E-state index < -0.39 is 10.0 Å². The van der Waals surface area contributed by atoms with Crippen LogP contribution >= 0.6 is 12.4 Å². The summed E-state index contributed by atoms with van der Waals surface area (Å²) in [5.74, 6) is 1.14. The Morgan fingerprint density at radius 2 is 2.14 bits per heavy atom. The number of aryl methyl sites for hydroxylation is 2. The zero-order valence-electron chi connectivity index (χ0n) is 12.0. The minimum absolute atomic E-state index is 0. The van der Waals surface area contributed by atoms with Crippen molar-refractivity contribution in [2.24, 2.45) is 11.7 Å². The average Bonchev–Trinajstić information content (AvgIpc) is 3.04. The van der Waals surface area contributed by atoms with Crippen LogP contribution in [0.1, 0.15) is 37.9 Å². The number of hydrogen-bond acceptors (Lipinski definition) is 4. The molecule has 1 aliphatic heterocycles. The maximum Gasteiger partial charge on any atom is 0.259 e. The summed E-state index contributed by atoms with van der Waals surface area (Å²) >= 11 is 0. The van der Waals surface area contributed by atoms with Crippen LogP contribution in [0.25, 0.3) is 0 Å². The highest BCUT2D eigenvalue weighted by atomic mass is 35.5. The quantitative estimate of drug-likeness (QED) is 0.861. The lowest BCUT2D eigenvalue weighted by atomic mass is 10.1. The maximum atomic E-state index is 12.4. The summed E-state index contributed by atoms with van der Waals surface area (Å²) < 4.78 is 29.6. The number of rotatable bonds is 4. The molecule has 1 aromatic heterocycles. The van der Waals surface area contributed by atoms with Crippen molar-refractivity contribution in [1.82, 2.24) is 14.3 Å². The van der Waals surface area contributed by atoms with Crippen molar-refractivity contribution in [2.45, 2.75) is 56.1 Å². The van der Waals surface area contributed by atoms with Gasteiger partial charge >= 0.3 is 0 Å². The highest BCUT2D eigenvalue weighted by Gasteiger charge is 2.31. The Labute approximate surface area is 132 Å². The number of imidazole rings is 1. The number of nitrogens with one attached hydrogen (secondary N) is 1. The van der Waals surface area contributed by atoms with E-state index in [4.69, 9.17) is 5.73 Å². The first-order valence-electron chi connectivity index (χ1n) is 7.38. The van der Waals surface area contributed by atoms with E-state index in [-0.39, 0.29) is 29.4 Å². The van der Waals surface area contributed by atoms with Crippen LogP contribution in [0.2, 0.25) is 0 Å². The summed E-state index contributed by atoms with van der Waals surface area (Å²) in [6, 6.07) is -0.0382. The average molecular weight is 335 g/mol. The molecule has 0 aromatic carbocycles. The molecule has 2 heterocycles. The number of nitrogens with two attached hydrogens (primary N) is 1. The monoisotopic (exact) mass is 334 g/mol. The molecular weight excluding hydrogens is 312 g/mol. The van der Waals surface area contributed by atoms with Gasteiger partial charge in [0.15, 0.2) is 5.03 Å². The van der Waals surface area contributed by atoms with Gasteiger partial charge in [0.25, 0.3) is 10.0 Å². The van der Waals surface area contributed by atoms with Crippen molar-refractivity contribution in [3.63, 3.8) is 0 Å². The van der Waals surface area contributed by atoms with E-state index >= 15 is 0 Å². The van der Waals surface area contributed by atoms with E-state index in [0.717, 1.165) is 50.9 Å². The molecule has 0 radical (unpaired) electrons. The maximum absolute atomic E-state index is 12.4. The van der Waals surface area contributed by atoms with E-state index in [1.165, 1.54) is 0 Å². The van der Waals surface area contributed by atoms with E-state index in [9.17, 15) is 8.42 Å². The molecule has 120 valence electrons. The zero-order chi connectivity index (χ0) is 14.2. The van der Waals surface area contributed by atoms with Gasteiger partial charge in [-0.2, -0.15) is 0 Å². The Kier molecular flexibility index (Phi) is 5.29. The van der Waals surface area contributed by atoms with Crippen LogP contribution in [0, 0.1) is 5.92 Å². The predicted molar refractivity (Wildman–Crippen MR) is 82.9 cm³/mol. The van der Waals surface area contributed by atoms with E-state index in [2.05, 4.69) is 9.71 Å². The number of halogens is 1. The molecule has 3 N–H and O–H groups in total. The standard InChI is InChI=1S/C13H22N4O2S.ClH/c14-8-10-4-3-5-11(10)16-20(18,19)13-9-17-7-2-1-6-12(17)15-13;/h9-11,16H,1-8,14H2;1H. The van der Waals surface area contributed by atoms with Crippen molar-refractivity contribution in [3.05, 3.63) is 12.0 Å². The van der Waals surface area contributed by atoms with Crippen LogP contribution < -0.4 is 10.5 Å². The second-order valence-electron chi connectivity index (χ2n) is 5.80. The van der Waals surface area contributed by atoms with Gasteiger partial charge in [-0.25, -0.2) is 18.1 Å². The summed E-state index contributed by atoms with van der Waals surface area (Å²) in [4.78, 5) is 4.30. The van der Waals surface area contributed by atoms with Crippen molar-refractivity contribution >= 4 is 22.4 Å². The van der Waals surface area contributed by atoms with Gasteiger partial charge in [-0.15, -0.1) is 12.4 Å². The molecule has 2 aliphatic rings. The highest BCUT2D eigenvalue weighted by Crippen LogP contribution is 2.26. The lowest BCUT2D eigenvalue weighted by Gasteiger charge is -2.18. The van der Waals surface area contributed by atoms with Gasteiger partial charge in [-0.3, -0.25) is 0 Å². The van der Waals surface area contributed by atoms with E-state index in [1.807, 2.05) is 4.57 Å². The fourth-order valence-electron chi connectivity index (χ4n) is 3.25. The lowest BCUT2D eigenvalue weighted by Crippen LogP contribution is -2.39. The molecule has 0 spiro atoms. The molecule has 3 rings (SSSR count). The minimum atomic E-state index is -3.52. The number of fused-ring (bicyclic) bond motifs is 1. The number of hydrogen-bond donors (Lipinski definition) is 2. The fraction of sp³-hybridized carbons (Fsp3) is 0.769. The van der Waals surface area contributed by atoms with Crippen molar-refractivity contribution in [3.8, 4) is 0 Å². The molecule has 2 unspecified atom stereocenters. The molecule has 0 bridgehead atoms. The van der Waals surface area contributed by atoms with Crippen molar-refractivity contribution < 1.29 is 8.42 Å². The smallest absolute Gasteiger partial charge is 0.259 e. The molecule has 0 amide bonds. The summed E-state index contributed by atoms with van der Waals surface area (Å²) in [6.45, 7) is 1.40. The Morgan fingerprint density at radius 3 is 2.86 bits per heavy atom. The molecule has 21 heavy (non-hydrogen) atoms. The first-order chi connectivity index (χ1) is 9.60. The third kappa shape index (κ3) is 3.41. The van der Waals surface area contributed by atoms with Crippen LogP contribution in [0.4, 0.5) is 0 Å². The Hall–Kier alpha value is -0.630. The zero-order valence-corrected chi connectivity index (χ0v) is 13.6. The van der Waals surface area contributed by atoms with Crippen LogP contribution in [-0.4, -0.2) is 30.6 Å². The molecule has 1 fully saturated rings. The fourth-order valence-corrected chi connectivity index (χ4v) is 4.57. The summed E-state index contributed by atoms with van der Waals surface area (Å²) in [5.41, 5.74) is 5.71. The van der Waals surface area contributed by atoms with E-state index in [1.54, 1.807) is 6.20 Å². The second kappa shape index (κ2) is 6.64. The molecule has 0 saturated heterocycles. The third-order valence-electron chi connectivity index (χ3n) is 4.43. The molecule has 1 aromatic rings. The van der Waals surface area contributed by atoms with Gasteiger partial charge in [0.05, 0.1) is 0 Å². The van der Waals surface area contributed by atoms with Crippen molar-refractivity contribution in [1.29, 1.82) is 0 Å². The van der Waals surface area contributed by atoms with Crippen LogP contribution in [0.3, 0.4) is 0 Å². The minimum Gasteiger partial charge on any atom is -0.333 e. The van der Waals surface area contributed by atoms with Crippen LogP contribution in [-0.2, 0) is 23.0 Å². The summed E-state index contributed by atoms with van der Waals surface area (Å²) in [7, 11) is -3.52. The third-order valence-corrected chi connectivity index (χ3v) is 5.79. The lowest BCUT2D eigenvalue weighted by molar-refractivity contribution is 0.452. The molecule has 2 atom stereocenters. The first kappa shape index (κ1) is 16.7. The largest absolute Gasteiger partial charge is 0.333 e. The van der Waals surface area contributed by atoms with Gasteiger partial charge in [0.2, 0.25) is 0 Å². The number of sulfonamides is 1. The Balaban J connectivity index is 0.00000161. The van der Waals surface area contributed by atoms with Gasteiger partial charge in [0.1, 0.15) is 5.82 Å². The Bertz CT molecular complexity index is 563. The predicted octanol–water partition coefficient (Wildman–Crippen LogP) is 1.05. The number of nitrogens with zero attached hydrogens (tertiary/aromatic N) is 2. The molecule has 6 nitrogen and oxygen atoms in total. The molecular formula is C13H23ClN4O2S. The van der Waals surface area contributed by atoms with Gasteiger partial charge in [0, 0.05) is 25.2 Å². The molecule has 1 aliphatic carbocycles.